The van der Waals surface area contributed by atoms with Crippen LogP contribution in [0.2, 0.25) is 0 Å². The quantitative estimate of drug-likeness (QED) is 0.173. The van der Waals surface area contributed by atoms with Crippen molar-refractivity contribution in [2.75, 3.05) is 33.3 Å². The normalized spacial score (nSPS) is 12.2. The molecule has 0 saturated heterocycles. The van der Waals surface area contributed by atoms with Crippen LogP contribution in [0.3, 0.4) is 0 Å². The first kappa shape index (κ1) is 25.4. The van der Waals surface area contributed by atoms with Gasteiger partial charge in [-0.05, 0) is 13.5 Å². The van der Waals surface area contributed by atoms with Gasteiger partial charge >= 0.3 is 5.90 Å². The Morgan fingerprint density at radius 3 is 1.73 bits per heavy atom. The average Bonchev–Trinajstić information content (AvgIpc) is 2.63. The maximum absolute atomic E-state index is 9.85. The van der Waals surface area contributed by atoms with E-state index in [0.717, 1.165) is 32.4 Å². The van der Waals surface area contributed by atoms with Crippen LogP contribution in [-0.2, 0) is 0 Å². The second-order valence-corrected chi connectivity index (χ2v) is 7.75. The van der Waals surface area contributed by atoms with Crippen molar-refractivity contribution in [2.24, 2.45) is 0 Å². The molecule has 0 amide bonds. The van der Waals surface area contributed by atoms with Gasteiger partial charge in [-0.3, -0.25) is 0 Å². The maximum atomic E-state index is 9.85. The molecule has 0 aromatic heterocycles. The summed E-state index contributed by atoms with van der Waals surface area (Å²) in [6, 6.07) is 0. The van der Waals surface area contributed by atoms with Gasteiger partial charge < -0.3 is 15.1 Å². The molecule has 0 fully saturated rings. The molecule has 0 aromatic rings. The van der Waals surface area contributed by atoms with E-state index in [2.05, 4.69) is 16.8 Å². The lowest BCUT2D eigenvalue weighted by Crippen LogP contribution is -2.73. The van der Waals surface area contributed by atoms with E-state index < -0.39 is 0 Å². The van der Waals surface area contributed by atoms with Crippen LogP contribution in [0.15, 0.2) is 0 Å². The van der Waals surface area contributed by atoms with E-state index in [0.29, 0.717) is 12.4 Å². The van der Waals surface area contributed by atoms with Crippen LogP contribution >= 0.6 is 0 Å². The van der Waals surface area contributed by atoms with Gasteiger partial charge in [0.2, 0.25) is 0 Å². The number of hydrogen-bond acceptors (Lipinski definition) is 2. The summed E-state index contributed by atoms with van der Waals surface area (Å²) >= 11 is 0. The zero-order valence-corrected chi connectivity index (χ0v) is 17.8. The summed E-state index contributed by atoms with van der Waals surface area (Å²) in [6.45, 7) is 4.95. The highest BCUT2D eigenvalue weighted by atomic mass is 16.3. The molecule has 0 radical (unpaired) electrons. The fourth-order valence-electron chi connectivity index (χ4n) is 3.26. The SMILES string of the molecule is CCCCCCCCCCCCCCCC(O)=[NH+]CCCN(C)CCO. The molecule has 0 atom stereocenters. The first-order valence-corrected chi connectivity index (χ1v) is 11.3. The topological polar surface area (TPSA) is 57.7 Å². The van der Waals surface area contributed by atoms with Gasteiger partial charge in [0.05, 0.1) is 13.0 Å². The molecule has 4 nitrogen and oxygen atoms in total. The molecular formula is C22H47N2O2+. The largest absolute Gasteiger partial charge is 0.464 e. The van der Waals surface area contributed by atoms with Crippen molar-refractivity contribution in [1.82, 2.24) is 4.90 Å². The molecule has 4 heteroatoms. The van der Waals surface area contributed by atoms with Crippen LogP contribution in [0, 0.1) is 0 Å². The Bertz CT molecular complexity index is 309. The summed E-state index contributed by atoms with van der Waals surface area (Å²) in [6.07, 6.45) is 19.4. The number of aliphatic hydroxyl groups excluding tert-OH is 2. The summed E-state index contributed by atoms with van der Waals surface area (Å²) in [4.78, 5) is 5.21. The maximum Gasteiger partial charge on any atom is 0.332 e. The molecule has 0 aliphatic heterocycles. The van der Waals surface area contributed by atoms with Crippen molar-refractivity contribution >= 4 is 5.90 Å². The van der Waals surface area contributed by atoms with E-state index in [9.17, 15) is 5.11 Å². The van der Waals surface area contributed by atoms with Crippen molar-refractivity contribution in [3.05, 3.63) is 0 Å². The smallest absolute Gasteiger partial charge is 0.332 e. The van der Waals surface area contributed by atoms with Gasteiger partial charge in [-0.15, -0.1) is 0 Å². The summed E-state index contributed by atoms with van der Waals surface area (Å²) < 4.78 is 0. The highest BCUT2D eigenvalue weighted by Crippen LogP contribution is 2.12. The lowest BCUT2D eigenvalue weighted by molar-refractivity contribution is -0.468. The standard InChI is InChI=1S/C22H46N2O2/c1-3-4-5-6-7-8-9-10-11-12-13-14-15-17-22(26)23-18-16-19-24(2)20-21-25/h25H,3-21H2,1-2H3,(H,23,26)/p+1. The monoisotopic (exact) mass is 371 g/mol. The van der Waals surface area contributed by atoms with E-state index in [4.69, 9.17) is 5.11 Å². The molecular weight excluding hydrogens is 324 g/mol. The number of nitrogens with one attached hydrogen (secondary N) is 1. The molecule has 0 aliphatic rings. The van der Waals surface area contributed by atoms with Crippen molar-refractivity contribution in [3.8, 4) is 0 Å². The van der Waals surface area contributed by atoms with Crippen molar-refractivity contribution < 1.29 is 15.2 Å². The Labute approximate surface area is 163 Å². The van der Waals surface area contributed by atoms with Gasteiger partial charge in [-0.1, -0.05) is 84.0 Å². The first-order valence-electron chi connectivity index (χ1n) is 11.3. The first-order chi connectivity index (χ1) is 12.7. The second kappa shape index (κ2) is 20.7. The summed E-state index contributed by atoms with van der Waals surface area (Å²) in [5.74, 6) is 0.442. The van der Waals surface area contributed by atoms with Gasteiger partial charge in [0.1, 0.15) is 6.54 Å². The number of rotatable bonds is 20. The van der Waals surface area contributed by atoms with Crippen LogP contribution in [0.4, 0.5) is 0 Å². The predicted octanol–water partition coefficient (Wildman–Crippen LogP) is 3.82. The molecule has 0 heterocycles. The molecule has 26 heavy (non-hydrogen) atoms. The van der Waals surface area contributed by atoms with Crippen LogP contribution in [0.1, 0.15) is 103 Å². The van der Waals surface area contributed by atoms with Crippen LogP contribution < -0.4 is 4.99 Å². The summed E-state index contributed by atoms with van der Waals surface area (Å²) in [5, 5.41) is 18.7. The van der Waals surface area contributed by atoms with Crippen molar-refractivity contribution in [3.63, 3.8) is 0 Å². The predicted molar refractivity (Wildman–Crippen MR) is 113 cm³/mol. The van der Waals surface area contributed by atoms with Gasteiger partial charge in [0.25, 0.3) is 0 Å². The van der Waals surface area contributed by atoms with Crippen LogP contribution in [-0.4, -0.2) is 54.3 Å². The average molecular weight is 372 g/mol. The van der Waals surface area contributed by atoms with Crippen LogP contribution in [0.25, 0.3) is 0 Å². The fraction of sp³-hybridized carbons (Fsp3) is 0.955. The Morgan fingerprint density at radius 1 is 0.731 bits per heavy atom. The molecule has 0 saturated carbocycles. The number of likely N-dealkylation sites (N-methyl/N-ethyl adjacent to an activating group) is 1. The highest BCUT2D eigenvalue weighted by molar-refractivity contribution is 5.67. The lowest BCUT2D eigenvalue weighted by atomic mass is 10.0. The van der Waals surface area contributed by atoms with Crippen LogP contribution in [0.5, 0.6) is 0 Å². The third-order valence-electron chi connectivity index (χ3n) is 5.04. The molecule has 0 rings (SSSR count). The third-order valence-corrected chi connectivity index (χ3v) is 5.04. The Morgan fingerprint density at radius 2 is 1.23 bits per heavy atom. The summed E-state index contributed by atoms with van der Waals surface area (Å²) in [5.41, 5.74) is 0. The molecule has 0 unspecified atom stereocenters. The van der Waals surface area contributed by atoms with Crippen molar-refractivity contribution in [1.29, 1.82) is 0 Å². The molecule has 0 aromatic carbocycles. The summed E-state index contributed by atoms with van der Waals surface area (Å²) in [7, 11) is 2.01. The highest BCUT2D eigenvalue weighted by Gasteiger charge is 2.03. The third kappa shape index (κ3) is 19.7. The zero-order chi connectivity index (χ0) is 19.3. The number of unbranched alkanes of at least 4 members (excludes halogenated alkanes) is 12. The molecule has 0 spiro atoms. The van der Waals surface area contributed by atoms with E-state index in [1.807, 2.05) is 7.05 Å². The number of nitrogens with zero attached hydrogens (tertiary/aromatic N) is 1. The van der Waals surface area contributed by atoms with Gasteiger partial charge in [-0.25, -0.2) is 4.99 Å². The Balaban J connectivity index is 3.27. The molecule has 0 aliphatic carbocycles. The van der Waals surface area contributed by atoms with E-state index in [1.54, 1.807) is 0 Å². The van der Waals surface area contributed by atoms with Gasteiger partial charge in [-0.2, -0.15) is 0 Å². The zero-order valence-electron chi connectivity index (χ0n) is 17.8. The minimum Gasteiger partial charge on any atom is -0.464 e. The minimum absolute atomic E-state index is 0.209. The van der Waals surface area contributed by atoms with E-state index in [1.165, 1.54) is 77.0 Å². The second-order valence-electron chi connectivity index (χ2n) is 7.75. The van der Waals surface area contributed by atoms with E-state index >= 15 is 0 Å². The minimum atomic E-state index is 0.209. The molecule has 156 valence electrons. The van der Waals surface area contributed by atoms with Gasteiger partial charge in [0, 0.05) is 19.5 Å². The molecule has 3 N–H and O–H groups in total. The molecule has 0 bridgehead atoms. The lowest BCUT2D eigenvalue weighted by Gasteiger charge is -2.12. The number of hydrogen-bond donors (Lipinski definition) is 3. The number of aliphatic hydroxyl groups is 2. The van der Waals surface area contributed by atoms with E-state index in [-0.39, 0.29) is 6.61 Å². The fourth-order valence-corrected chi connectivity index (χ4v) is 3.26. The van der Waals surface area contributed by atoms with Crippen molar-refractivity contribution in [2.45, 2.75) is 103 Å². The Hall–Kier alpha value is -0.610. The van der Waals surface area contributed by atoms with Gasteiger partial charge in [0.15, 0.2) is 0 Å². The Kier molecular flexibility index (Phi) is 20.2.